The third kappa shape index (κ3) is 162. The minimum Gasteiger partial charge on any atom is -0.759 e. The minimum absolute atomic E-state index is 0. The largest absolute Gasteiger partial charge is 2.00 e. The third-order valence-electron chi connectivity index (χ3n) is 2.69. The maximum atomic E-state index is 9.55. The second-order valence-electron chi connectivity index (χ2n) is 6.79. The molecule has 0 saturated heterocycles. The molecule has 0 fully saturated rings. The summed E-state index contributed by atoms with van der Waals surface area (Å²) in [6.45, 7) is 8.43. The van der Waals surface area contributed by atoms with Crippen LogP contribution >= 0.6 is 0 Å². The molecule has 0 saturated carbocycles. The molecule has 0 aromatic heterocycles. The molecule has 224 valence electrons. The number of nitrogens with two attached hydrogens (primary N) is 1. The Morgan fingerprint density at radius 3 is 0.895 bits per heavy atom. The molecule has 0 atom stereocenters. The molecule has 0 bridgehead atoms. The molecule has 0 aliphatic heterocycles. The molecule has 0 rings (SSSR count). The maximum Gasteiger partial charge on any atom is 2.00 e. The van der Waals surface area contributed by atoms with Gasteiger partial charge in [0.15, 0.2) is 0 Å². The van der Waals surface area contributed by atoms with Crippen molar-refractivity contribution in [3.05, 3.63) is 24.3 Å². The van der Waals surface area contributed by atoms with Gasteiger partial charge in [-0.05, 0) is 6.04 Å². The van der Waals surface area contributed by atoms with Crippen LogP contribution in [0.25, 0.3) is 0 Å². The molecule has 15 nitrogen and oxygen atoms in total. The van der Waals surface area contributed by atoms with Crippen molar-refractivity contribution in [3.8, 4) is 0 Å². The first kappa shape index (κ1) is 56.5. The normalized spacial score (nSPS) is 9.16. The number of rotatable bonds is 11. The van der Waals surface area contributed by atoms with Crippen LogP contribution in [0.15, 0.2) is 24.3 Å². The molecule has 0 unspecified atom stereocenters. The van der Waals surface area contributed by atoms with Crippen LogP contribution in [0.1, 0.15) is 79.1 Å². The summed E-state index contributed by atoms with van der Waals surface area (Å²) in [4.78, 5) is 38.2. The van der Waals surface area contributed by atoms with E-state index in [1.807, 2.05) is 13.8 Å². The SMILES string of the molecule is CC(C)N.CCCCCCCCCC.O.O.O=C(O)/C=C\C(=O)O.O=C(O)/C=C\C(=O)O.O=S(=O)([O-])[O-].[Ca+2]. The molecular formula is C21H43CaNO14S. The van der Waals surface area contributed by atoms with Crippen molar-refractivity contribution in [2.24, 2.45) is 5.73 Å². The Bertz CT molecular complexity index is 626. The van der Waals surface area contributed by atoms with E-state index < -0.39 is 34.3 Å². The van der Waals surface area contributed by atoms with Gasteiger partial charge in [0.05, 0.1) is 0 Å². The van der Waals surface area contributed by atoms with Crippen LogP contribution in [0.4, 0.5) is 0 Å². The molecule has 10 N–H and O–H groups in total. The first-order chi connectivity index (χ1) is 15.9. The van der Waals surface area contributed by atoms with E-state index in [1.165, 1.54) is 51.4 Å². The summed E-state index contributed by atoms with van der Waals surface area (Å²) in [6, 6.07) is 0.333. The predicted octanol–water partition coefficient (Wildman–Crippen LogP) is 0.556. The number of aliphatic carboxylic acids is 4. The average Bonchev–Trinajstić information content (AvgIpc) is 2.67. The van der Waals surface area contributed by atoms with E-state index in [9.17, 15) is 19.2 Å². The summed E-state index contributed by atoms with van der Waals surface area (Å²) in [5.74, 6) is -5.03. The molecule has 0 aliphatic carbocycles. The molecule has 0 heterocycles. The molecule has 0 aromatic rings. The van der Waals surface area contributed by atoms with Crippen LogP contribution < -0.4 is 5.73 Å². The van der Waals surface area contributed by atoms with Gasteiger partial charge in [0.1, 0.15) is 0 Å². The Morgan fingerprint density at radius 1 is 0.658 bits per heavy atom. The molecule has 0 amide bonds. The van der Waals surface area contributed by atoms with Crippen molar-refractivity contribution in [1.29, 1.82) is 0 Å². The van der Waals surface area contributed by atoms with Crippen LogP contribution in [-0.4, -0.2) is 117 Å². The third-order valence-corrected chi connectivity index (χ3v) is 2.69. The van der Waals surface area contributed by atoms with Crippen LogP contribution in [0.5, 0.6) is 0 Å². The molecule has 0 spiro atoms. The average molecular weight is 606 g/mol. The Hall–Kier alpha value is -1.63. The monoisotopic (exact) mass is 605 g/mol. The molecule has 0 radical (unpaired) electrons. The Kier molecular flexibility index (Phi) is 63.2. The standard InChI is InChI=1S/C10H22.2C4H4O4.C3H9N.Ca.H2O4S.2H2O/c1-3-5-7-9-10-8-6-4-2;2*5-3(6)1-2-4(7)8;1-3(2)4;;1-5(2,3)4;;/h3-10H2,1-2H3;2*1-2H,(H,5,6)(H,7,8);3H,4H2,1-2H3;;(H2,1,2,3,4);2*1H2/q;;;;+2;;;/p-2/b;2*2-1-;;;;;. The van der Waals surface area contributed by atoms with E-state index in [0.717, 1.165) is 0 Å². The fraction of sp³-hybridized carbons (Fsp3) is 0.619. The maximum absolute atomic E-state index is 9.55. The van der Waals surface area contributed by atoms with Crippen LogP contribution in [0, 0.1) is 0 Å². The van der Waals surface area contributed by atoms with Crippen LogP contribution in [0.3, 0.4) is 0 Å². The first-order valence-corrected chi connectivity index (χ1v) is 11.9. The summed E-state index contributed by atoms with van der Waals surface area (Å²) in [7, 11) is -5.17. The Labute approximate surface area is 254 Å². The van der Waals surface area contributed by atoms with Gasteiger partial charge in [0.25, 0.3) is 0 Å². The fourth-order valence-electron chi connectivity index (χ4n) is 1.49. The number of carboxylic acids is 4. The zero-order chi connectivity index (χ0) is 28.9. The summed E-state index contributed by atoms with van der Waals surface area (Å²) in [5, 5.41) is 31.2. The van der Waals surface area contributed by atoms with Crippen LogP contribution in [0.2, 0.25) is 0 Å². The molecular weight excluding hydrogens is 562 g/mol. The number of carboxylic acid groups (broad SMARTS) is 4. The fourth-order valence-corrected chi connectivity index (χ4v) is 1.49. The van der Waals surface area contributed by atoms with Crippen molar-refractivity contribution < 1.29 is 68.1 Å². The molecule has 17 heteroatoms. The zero-order valence-electron chi connectivity index (χ0n) is 22.3. The predicted molar refractivity (Wildman–Crippen MR) is 140 cm³/mol. The Balaban J connectivity index is -0.0000000499. The van der Waals surface area contributed by atoms with Gasteiger partial charge in [0.2, 0.25) is 0 Å². The number of unbranched alkanes of at least 4 members (excludes halogenated alkanes) is 7. The Morgan fingerprint density at radius 2 is 0.789 bits per heavy atom. The van der Waals surface area contributed by atoms with E-state index in [0.29, 0.717) is 30.3 Å². The van der Waals surface area contributed by atoms with Crippen molar-refractivity contribution in [2.75, 3.05) is 0 Å². The van der Waals surface area contributed by atoms with Crippen molar-refractivity contribution in [3.63, 3.8) is 0 Å². The number of hydrogen-bond acceptors (Lipinski definition) is 9. The van der Waals surface area contributed by atoms with E-state index in [4.69, 9.17) is 43.7 Å². The van der Waals surface area contributed by atoms with Gasteiger partial charge in [0, 0.05) is 34.7 Å². The smallest absolute Gasteiger partial charge is 0.759 e. The van der Waals surface area contributed by atoms with Gasteiger partial charge in [-0.2, -0.15) is 0 Å². The first-order valence-electron chi connectivity index (χ1n) is 10.6. The number of carbonyl (C=O) groups is 4. The van der Waals surface area contributed by atoms with E-state index in [2.05, 4.69) is 13.8 Å². The van der Waals surface area contributed by atoms with E-state index >= 15 is 0 Å². The van der Waals surface area contributed by atoms with Gasteiger partial charge >= 0.3 is 61.6 Å². The molecule has 38 heavy (non-hydrogen) atoms. The molecule has 0 aliphatic rings. The number of hydrogen-bond donors (Lipinski definition) is 5. The second-order valence-corrected chi connectivity index (χ2v) is 7.61. The van der Waals surface area contributed by atoms with Crippen molar-refractivity contribution >= 4 is 72.0 Å². The summed E-state index contributed by atoms with van der Waals surface area (Å²) < 4.78 is 34.1. The summed E-state index contributed by atoms with van der Waals surface area (Å²) >= 11 is 0. The van der Waals surface area contributed by atoms with Crippen molar-refractivity contribution in [2.45, 2.75) is 85.1 Å². The molecule has 0 aromatic carbocycles. The van der Waals surface area contributed by atoms with Gasteiger partial charge in [-0.3, -0.25) is 8.42 Å². The van der Waals surface area contributed by atoms with E-state index in [-0.39, 0.29) is 48.7 Å². The zero-order valence-corrected chi connectivity index (χ0v) is 25.3. The van der Waals surface area contributed by atoms with Gasteiger partial charge in [-0.15, -0.1) is 0 Å². The summed E-state index contributed by atoms with van der Waals surface area (Å²) in [5.41, 5.74) is 5.11. The van der Waals surface area contributed by atoms with Gasteiger partial charge in [-0.25, -0.2) is 19.2 Å². The topological polar surface area (TPSA) is 318 Å². The van der Waals surface area contributed by atoms with Crippen molar-refractivity contribution in [1.82, 2.24) is 0 Å². The van der Waals surface area contributed by atoms with Gasteiger partial charge < -0.3 is 46.2 Å². The quantitative estimate of drug-likeness (QED) is 0.0707. The van der Waals surface area contributed by atoms with Gasteiger partial charge in [-0.1, -0.05) is 79.1 Å². The minimum atomic E-state index is -5.17. The van der Waals surface area contributed by atoms with Crippen LogP contribution in [-0.2, 0) is 29.6 Å². The summed E-state index contributed by atoms with van der Waals surface area (Å²) in [6.07, 6.45) is 13.7. The van der Waals surface area contributed by atoms with E-state index in [1.54, 1.807) is 0 Å². The second kappa shape index (κ2) is 42.5.